The quantitative estimate of drug-likeness (QED) is 0.424. The number of furan rings is 1. The van der Waals surface area contributed by atoms with Crippen LogP contribution in [0, 0.1) is 0 Å². The lowest BCUT2D eigenvalue weighted by Gasteiger charge is -2.24. The van der Waals surface area contributed by atoms with E-state index in [1.54, 1.807) is 19.2 Å². The Labute approximate surface area is 201 Å². The highest BCUT2D eigenvalue weighted by molar-refractivity contribution is 5.94. The second-order valence-corrected chi connectivity index (χ2v) is 8.95. The second-order valence-electron chi connectivity index (χ2n) is 8.95. The number of benzene rings is 2. The van der Waals surface area contributed by atoms with Gasteiger partial charge in [-0.2, -0.15) is 0 Å². The molecule has 3 aromatic rings. The van der Waals surface area contributed by atoms with Gasteiger partial charge >= 0.3 is 5.97 Å². The number of amides is 1. The Morgan fingerprint density at radius 2 is 1.76 bits per heavy atom. The van der Waals surface area contributed by atoms with Crippen LogP contribution in [0.3, 0.4) is 0 Å². The summed E-state index contributed by atoms with van der Waals surface area (Å²) >= 11 is 0. The summed E-state index contributed by atoms with van der Waals surface area (Å²) in [5.74, 6) is 0.565. The first kappa shape index (κ1) is 25.1. The molecule has 1 heterocycles. The maximum Gasteiger partial charge on any atom is 0.328 e. The Balaban J connectivity index is 1.76. The van der Waals surface area contributed by atoms with E-state index < -0.39 is 17.9 Å². The molecule has 0 saturated heterocycles. The van der Waals surface area contributed by atoms with Crippen LogP contribution in [0.1, 0.15) is 60.2 Å². The molecule has 0 saturated carbocycles. The molecule has 1 amide bonds. The van der Waals surface area contributed by atoms with Crippen LogP contribution in [0.25, 0.3) is 0 Å². The Morgan fingerprint density at radius 3 is 2.41 bits per heavy atom. The van der Waals surface area contributed by atoms with Gasteiger partial charge in [0.1, 0.15) is 17.6 Å². The zero-order valence-electron chi connectivity index (χ0n) is 20.5. The predicted molar refractivity (Wildman–Crippen MR) is 131 cm³/mol. The number of methoxy groups -OCH3 is 2. The zero-order chi connectivity index (χ0) is 24.7. The molecule has 34 heavy (non-hydrogen) atoms. The molecule has 2 aromatic carbocycles. The summed E-state index contributed by atoms with van der Waals surface area (Å²) in [6.45, 7) is 6.59. The number of esters is 1. The number of ether oxygens (including phenoxy) is 2. The van der Waals surface area contributed by atoms with Crippen LogP contribution in [-0.2, 0) is 27.8 Å². The molecule has 1 unspecified atom stereocenters. The van der Waals surface area contributed by atoms with Crippen molar-refractivity contribution in [2.75, 3.05) is 14.2 Å². The summed E-state index contributed by atoms with van der Waals surface area (Å²) in [6.07, 6.45) is 1.81. The molecule has 3 rings (SSSR count). The van der Waals surface area contributed by atoms with Gasteiger partial charge in [-0.15, -0.1) is 0 Å². The molecular weight excluding hydrogens is 430 g/mol. The molecule has 0 spiro atoms. The number of hydrogen-bond acceptors (Lipinski definition) is 5. The Hall–Kier alpha value is -3.54. The zero-order valence-corrected chi connectivity index (χ0v) is 20.5. The van der Waals surface area contributed by atoms with Crippen LogP contribution < -0.4 is 10.1 Å². The van der Waals surface area contributed by atoms with E-state index in [4.69, 9.17) is 13.9 Å². The summed E-state index contributed by atoms with van der Waals surface area (Å²) in [4.78, 5) is 25.1. The molecular formula is C28H33NO5. The van der Waals surface area contributed by atoms with Crippen molar-refractivity contribution in [1.82, 2.24) is 5.32 Å². The fraction of sp³-hybridized carbons (Fsp3) is 0.357. The van der Waals surface area contributed by atoms with E-state index in [0.29, 0.717) is 18.6 Å². The number of carbonyl (C=O) groups excluding carboxylic acids is 2. The number of nitrogens with one attached hydrogen (secondary N) is 1. The van der Waals surface area contributed by atoms with E-state index in [1.165, 1.54) is 12.7 Å². The van der Waals surface area contributed by atoms with Gasteiger partial charge in [0.15, 0.2) is 5.76 Å². The average Bonchev–Trinajstić information content (AvgIpc) is 3.32. The van der Waals surface area contributed by atoms with Gasteiger partial charge in [0.25, 0.3) is 5.91 Å². The van der Waals surface area contributed by atoms with Crippen LogP contribution in [-0.4, -0.2) is 32.1 Å². The van der Waals surface area contributed by atoms with Gasteiger partial charge in [-0.25, -0.2) is 4.79 Å². The third-order valence-corrected chi connectivity index (χ3v) is 6.27. The Kier molecular flexibility index (Phi) is 8.16. The summed E-state index contributed by atoms with van der Waals surface area (Å²) in [5, 5.41) is 2.74. The number of hydrogen-bond donors (Lipinski definition) is 1. The average molecular weight is 464 g/mol. The summed E-state index contributed by atoms with van der Waals surface area (Å²) < 4.78 is 16.3. The SMILES string of the molecule is CCC(C)(C)c1ccc(OC)c(Cc2ccc(C(=O)NC(Cc3ccccc3)C(=O)OC)o2)c1. The molecule has 0 fully saturated rings. The molecule has 0 bridgehead atoms. The van der Waals surface area contributed by atoms with Crippen LogP contribution in [0.15, 0.2) is 65.1 Å². The minimum atomic E-state index is -0.818. The van der Waals surface area contributed by atoms with Gasteiger partial charge < -0.3 is 19.2 Å². The monoisotopic (exact) mass is 463 g/mol. The first-order chi connectivity index (χ1) is 16.3. The molecule has 1 atom stereocenters. The predicted octanol–water partition coefficient (Wildman–Crippen LogP) is 5.08. The molecule has 0 aliphatic carbocycles. The third kappa shape index (κ3) is 6.07. The fourth-order valence-corrected chi connectivity index (χ4v) is 3.74. The summed E-state index contributed by atoms with van der Waals surface area (Å²) in [7, 11) is 2.95. The fourth-order valence-electron chi connectivity index (χ4n) is 3.74. The minimum absolute atomic E-state index is 0.0386. The number of rotatable bonds is 10. The topological polar surface area (TPSA) is 77.8 Å². The summed E-state index contributed by atoms with van der Waals surface area (Å²) in [5.41, 5.74) is 3.16. The van der Waals surface area contributed by atoms with Crippen molar-refractivity contribution in [2.24, 2.45) is 0 Å². The summed E-state index contributed by atoms with van der Waals surface area (Å²) in [6, 6.07) is 18.2. The molecule has 1 aromatic heterocycles. The lowest BCUT2D eigenvalue weighted by molar-refractivity contribution is -0.142. The lowest BCUT2D eigenvalue weighted by atomic mass is 9.81. The van der Waals surface area contributed by atoms with E-state index >= 15 is 0 Å². The first-order valence-electron chi connectivity index (χ1n) is 11.5. The van der Waals surface area contributed by atoms with E-state index in [2.05, 4.69) is 38.2 Å². The highest BCUT2D eigenvalue weighted by atomic mass is 16.5. The van der Waals surface area contributed by atoms with Crippen molar-refractivity contribution in [1.29, 1.82) is 0 Å². The smallest absolute Gasteiger partial charge is 0.328 e. The van der Waals surface area contributed by atoms with Crippen LogP contribution in [0.5, 0.6) is 5.75 Å². The van der Waals surface area contributed by atoms with E-state index in [0.717, 1.165) is 23.3 Å². The molecule has 6 heteroatoms. The lowest BCUT2D eigenvalue weighted by Crippen LogP contribution is -2.43. The third-order valence-electron chi connectivity index (χ3n) is 6.27. The van der Waals surface area contributed by atoms with Gasteiger partial charge in [0, 0.05) is 18.4 Å². The van der Waals surface area contributed by atoms with Gasteiger partial charge in [-0.1, -0.05) is 63.2 Å². The van der Waals surface area contributed by atoms with E-state index in [-0.39, 0.29) is 11.2 Å². The van der Waals surface area contributed by atoms with Crippen molar-refractivity contribution < 1.29 is 23.5 Å². The van der Waals surface area contributed by atoms with E-state index in [1.807, 2.05) is 36.4 Å². The Bertz CT molecular complexity index is 1120. The van der Waals surface area contributed by atoms with Gasteiger partial charge in [0.2, 0.25) is 0 Å². The van der Waals surface area contributed by atoms with Crippen LogP contribution in [0.2, 0.25) is 0 Å². The normalized spacial score (nSPS) is 12.1. The Morgan fingerprint density at radius 1 is 1.03 bits per heavy atom. The minimum Gasteiger partial charge on any atom is -0.496 e. The largest absolute Gasteiger partial charge is 0.496 e. The first-order valence-corrected chi connectivity index (χ1v) is 11.5. The van der Waals surface area contributed by atoms with E-state index in [9.17, 15) is 9.59 Å². The van der Waals surface area contributed by atoms with Gasteiger partial charge in [0.05, 0.1) is 14.2 Å². The van der Waals surface area contributed by atoms with Crippen molar-refractivity contribution in [3.05, 3.63) is 88.9 Å². The highest BCUT2D eigenvalue weighted by Gasteiger charge is 2.25. The van der Waals surface area contributed by atoms with Crippen molar-refractivity contribution in [2.45, 2.75) is 51.5 Å². The van der Waals surface area contributed by atoms with Gasteiger partial charge in [-0.3, -0.25) is 4.79 Å². The molecule has 0 aliphatic rings. The number of carbonyl (C=O) groups is 2. The maximum absolute atomic E-state index is 12.8. The second kappa shape index (κ2) is 11.1. The van der Waals surface area contributed by atoms with Crippen LogP contribution in [0.4, 0.5) is 0 Å². The molecule has 0 radical (unpaired) electrons. The molecule has 180 valence electrons. The van der Waals surface area contributed by atoms with Crippen molar-refractivity contribution >= 4 is 11.9 Å². The van der Waals surface area contributed by atoms with Crippen molar-refractivity contribution in [3.8, 4) is 5.75 Å². The van der Waals surface area contributed by atoms with Gasteiger partial charge in [-0.05, 0) is 41.2 Å². The standard InChI is InChI=1S/C28H33NO5/c1-6-28(2,3)21-12-14-24(32-4)20(17-21)18-22-13-15-25(34-22)26(30)29-23(27(31)33-5)16-19-10-8-7-9-11-19/h7-15,17,23H,6,16,18H2,1-5H3,(H,29,30). The molecule has 0 aliphatic heterocycles. The molecule has 6 nitrogen and oxygen atoms in total. The maximum atomic E-state index is 12.8. The molecule has 1 N–H and O–H groups in total. The highest BCUT2D eigenvalue weighted by Crippen LogP contribution is 2.32. The van der Waals surface area contributed by atoms with Crippen molar-refractivity contribution in [3.63, 3.8) is 0 Å². The van der Waals surface area contributed by atoms with Crippen LogP contribution >= 0.6 is 0 Å².